The van der Waals surface area contributed by atoms with E-state index in [0.717, 1.165) is 44.9 Å². The van der Waals surface area contributed by atoms with Crippen molar-refractivity contribution >= 4 is 0 Å². The molecule has 2 aliphatic rings. The largest absolute Gasteiger partial charge is 0.390 e. The van der Waals surface area contributed by atoms with Gasteiger partial charge in [-0.15, -0.1) is 0 Å². The Hall–Kier alpha value is -0.0800. The van der Waals surface area contributed by atoms with Crippen molar-refractivity contribution < 1.29 is 10.2 Å². The summed E-state index contributed by atoms with van der Waals surface area (Å²) in [6, 6.07) is 0. The highest BCUT2D eigenvalue weighted by molar-refractivity contribution is 4.88. The van der Waals surface area contributed by atoms with Crippen LogP contribution in [-0.4, -0.2) is 21.4 Å². The van der Waals surface area contributed by atoms with Crippen LogP contribution in [0.1, 0.15) is 70.6 Å². The zero-order valence-corrected chi connectivity index (χ0v) is 9.67. The Kier molecular flexibility index (Phi) is 3.36. The molecule has 0 aromatic rings. The van der Waals surface area contributed by atoms with Gasteiger partial charge in [0, 0.05) is 0 Å². The van der Waals surface area contributed by atoms with Gasteiger partial charge in [-0.2, -0.15) is 0 Å². The first-order chi connectivity index (χ1) is 7.12. The Labute approximate surface area is 92.7 Å². The van der Waals surface area contributed by atoms with E-state index in [1.165, 1.54) is 25.7 Å². The van der Waals surface area contributed by atoms with E-state index < -0.39 is 0 Å². The lowest BCUT2D eigenvalue weighted by molar-refractivity contribution is 0.0101. The molecule has 0 aromatic carbocycles. The van der Waals surface area contributed by atoms with E-state index in [4.69, 9.17) is 0 Å². The minimum atomic E-state index is -0.380. The van der Waals surface area contributed by atoms with Gasteiger partial charge in [-0.25, -0.2) is 0 Å². The lowest BCUT2D eigenvalue weighted by Crippen LogP contribution is -2.27. The third-order valence-corrected chi connectivity index (χ3v) is 4.35. The SMILES string of the molecule is OC1(CCCC2(O)CCCC2)CCCC1. The number of aliphatic hydroxyl groups is 2. The minimum absolute atomic E-state index is 0.380. The monoisotopic (exact) mass is 212 g/mol. The van der Waals surface area contributed by atoms with Crippen molar-refractivity contribution in [1.29, 1.82) is 0 Å². The zero-order chi connectivity index (χ0) is 10.8. The average Bonchev–Trinajstić information content (AvgIpc) is 2.76. The molecule has 2 saturated carbocycles. The summed E-state index contributed by atoms with van der Waals surface area (Å²) in [6.07, 6.45) is 11.4. The molecule has 0 atom stereocenters. The first kappa shape index (κ1) is 11.4. The molecule has 2 nitrogen and oxygen atoms in total. The molecule has 0 spiro atoms. The highest BCUT2D eigenvalue weighted by Gasteiger charge is 2.34. The van der Waals surface area contributed by atoms with Crippen LogP contribution in [0.3, 0.4) is 0 Å². The Morgan fingerprint density at radius 3 is 1.33 bits per heavy atom. The molecule has 0 amide bonds. The standard InChI is InChI=1S/C13H24O2/c14-12(6-1-2-7-12)10-5-11-13(15)8-3-4-9-13/h14-15H,1-11H2. The van der Waals surface area contributed by atoms with Gasteiger partial charge in [0.2, 0.25) is 0 Å². The summed E-state index contributed by atoms with van der Waals surface area (Å²) in [6.45, 7) is 0. The highest BCUT2D eigenvalue weighted by Crippen LogP contribution is 2.37. The number of rotatable bonds is 4. The van der Waals surface area contributed by atoms with E-state index in [1.807, 2.05) is 0 Å². The Balaban J connectivity index is 1.69. The van der Waals surface area contributed by atoms with Crippen molar-refractivity contribution in [2.75, 3.05) is 0 Å². The summed E-state index contributed by atoms with van der Waals surface area (Å²) in [5.41, 5.74) is -0.760. The van der Waals surface area contributed by atoms with E-state index in [2.05, 4.69) is 0 Å². The molecule has 2 N–H and O–H groups in total. The predicted octanol–water partition coefficient (Wildman–Crippen LogP) is 2.77. The summed E-state index contributed by atoms with van der Waals surface area (Å²) < 4.78 is 0. The van der Waals surface area contributed by atoms with Crippen LogP contribution in [0.25, 0.3) is 0 Å². The van der Waals surface area contributed by atoms with E-state index in [9.17, 15) is 10.2 Å². The van der Waals surface area contributed by atoms with Crippen LogP contribution in [0.5, 0.6) is 0 Å². The van der Waals surface area contributed by atoms with Crippen LogP contribution < -0.4 is 0 Å². The average molecular weight is 212 g/mol. The molecule has 0 radical (unpaired) electrons. The third-order valence-electron chi connectivity index (χ3n) is 4.35. The molecule has 2 rings (SSSR count). The van der Waals surface area contributed by atoms with Gasteiger partial charge in [0.15, 0.2) is 0 Å². The molecular weight excluding hydrogens is 188 g/mol. The fourth-order valence-electron chi connectivity index (χ4n) is 3.31. The molecule has 2 heteroatoms. The predicted molar refractivity (Wildman–Crippen MR) is 60.7 cm³/mol. The maximum Gasteiger partial charge on any atom is 0.0647 e. The van der Waals surface area contributed by atoms with E-state index >= 15 is 0 Å². The second-order valence-corrected chi connectivity index (χ2v) is 5.72. The second-order valence-electron chi connectivity index (χ2n) is 5.72. The van der Waals surface area contributed by atoms with Crippen molar-refractivity contribution in [2.45, 2.75) is 81.8 Å². The quantitative estimate of drug-likeness (QED) is 0.752. The van der Waals surface area contributed by atoms with Crippen LogP contribution >= 0.6 is 0 Å². The summed E-state index contributed by atoms with van der Waals surface area (Å²) in [5.74, 6) is 0. The molecule has 0 aromatic heterocycles. The molecule has 15 heavy (non-hydrogen) atoms. The van der Waals surface area contributed by atoms with Crippen LogP contribution in [0.15, 0.2) is 0 Å². The van der Waals surface area contributed by atoms with Crippen molar-refractivity contribution in [2.24, 2.45) is 0 Å². The molecule has 2 aliphatic carbocycles. The first-order valence-electron chi connectivity index (χ1n) is 6.57. The zero-order valence-electron chi connectivity index (χ0n) is 9.67. The van der Waals surface area contributed by atoms with E-state index in [0.29, 0.717) is 0 Å². The number of hydrogen-bond acceptors (Lipinski definition) is 2. The lowest BCUT2D eigenvalue weighted by Gasteiger charge is -2.26. The molecule has 0 bridgehead atoms. The van der Waals surface area contributed by atoms with Gasteiger partial charge >= 0.3 is 0 Å². The smallest absolute Gasteiger partial charge is 0.0647 e. The Bertz CT molecular complexity index is 179. The first-order valence-corrected chi connectivity index (χ1v) is 6.57. The highest BCUT2D eigenvalue weighted by atomic mass is 16.3. The van der Waals surface area contributed by atoms with E-state index in [-0.39, 0.29) is 11.2 Å². The topological polar surface area (TPSA) is 40.5 Å². The van der Waals surface area contributed by atoms with Gasteiger partial charge in [-0.05, 0) is 44.9 Å². The molecule has 2 fully saturated rings. The normalized spacial score (nSPS) is 28.4. The fourth-order valence-corrected chi connectivity index (χ4v) is 3.31. The molecule has 88 valence electrons. The lowest BCUT2D eigenvalue weighted by atomic mass is 9.89. The van der Waals surface area contributed by atoms with Crippen LogP contribution in [-0.2, 0) is 0 Å². The third kappa shape index (κ3) is 2.94. The van der Waals surface area contributed by atoms with Crippen LogP contribution in [0, 0.1) is 0 Å². The van der Waals surface area contributed by atoms with Crippen molar-refractivity contribution in [3.63, 3.8) is 0 Å². The van der Waals surface area contributed by atoms with Gasteiger partial charge in [-0.3, -0.25) is 0 Å². The van der Waals surface area contributed by atoms with Crippen LogP contribution in [0.4, 0.5) is 0 Å². The summed E-state index contributed by atoms with van der Waals surface area (Å²) in [5, 5.41) is 20.3. The molecule has 0 unspecified atom stereocenters. The fraction of sp³-hybridized carbons (Fsp3) is 1.00. The van der Waals surface area contributed by atoms with Crippen molar-refractivity contribution in [1.82, 2.24) is 0 Å². The number of hydrogen-bond donors (Lipinski definition) is 2. The Morgan fingerprint density at radius 2 is 1.00 bits per heavy atom. The summed E-state index contributed by atoms with van der Waals surface area (Å²) in [4.78, 5) is 0. The molecule has 0 saturated heterocycles. The van der Waals surface area contributed by atoms with Crippen molar-refractivity contribution in [3.8, 4) is 0 Å². The van der Waals surface area contributed by atoms with Crippen LogP contribution in [0.2, 0.25) is 0 Å². The summed E-state index contributed by atoms with van der Waals surface area (Å²) >= 11 is 0. The summed E-state index contributed by atoms with van der Waals surface area (Å²) in [7, 11) is 0. The van der Waals surface area contributed by atoms with Gasteiger partial charge in [0.25, 0.3) is 0 Å². The van der Waals surface area contributed by atoms with Gasteiger partial charge < -0.3 is 10.2 Å². The molecule has 0 aliphatic heterocycles. The van der Waals surface area contributed by atoms with E-state index in [1.54, 1.807) is 0 Å². The van der Waals surface area contributed by atoms with Gasteiger partial charge in [-0.1, -0.05) is 25.7 Å². The maximum atomic E-state index is 10.2. The Morgan fingerprint density at radius 1 is 0.667 bits per heavy atom. The van der Waals surface area contributed by atoms with Gasteiger partial charge in [0.1, 0.15) is 0 Å². The molecular formula is C13H24O2. The maximum absolute atomic E-state index is 10.2. The second kappa shape index (κ2) is 4.42. The van der Waals surface area contributed by atoms with Crippen molar-refractivity contribution in [3.05, 3.63) is 0 Å². The minimum Gasteiger partial charge on any atom is -0.390 e. The molecule has 0 heterocycles. The van der Waals surface area contributed by atoms with Gasteiger partial charge in [0.05, 0.1) is 11.2 Å².